The van der Waals surface area contributed by atoms with Crippen molar-refractivity contribution in [3.8, 4) is 11.4 Å². The Bertz CT molecular complexity index is 994. The van der Waals surface area contributed by atoms with Gasteiger partial charge in [0.2, 0.25) is 0 Å². The van der Waals surface area contributed by atoms with E-state index >= 15 is 0 Å². The van der Waals surface area contributed by atoms with Crippen molar-refractivity contribution in [1.82, 2.24) is 14.8 Å². The standard InChI is InChI=1S/C20H17BrN4O/c1-24(17-9-5-8-16(21)12-17)13-14-10-18-22-20(15-6-3-2-4-7-15)23-25(18)19(26)11-14/h2-9,11-12H,10,13H2,1H3. The Balaban J connectivity index is 1.55. The maximum atomic E-state index is 12.5. The third kappa shape index (κ3) is 3.32. The first-order valence-corrected chi connectivity index (χ1v) is 9.11. The Kier molecular flexibility index (Phi) is 4.42. The van der Waals surface area contributed by atoms with Crippen LogP contribution >= 0.6 is 15.9 Å². The molecule has 0 amide bonds. The number of aromatic nitrogens is 3. The minimum Gasteiger partial charge on any atom is -0.371 e. The molecule has 0 bridgehead atoms. The molecular formula is C20H17BrN4O. The lowest BCUT2D eigenvalue weighted by Crippen LogP contribution is -2.26. The van der Waals surface area contributed by atoms with Gasteiger partial charge < -0.3 is 4.90 Å². The lowest BCUT2D eigenvalue weighted by molar-refractivity contribution is 0.0945. The van der Waals surface area contributed by atoms with Crippen molar-refractivity contribution < 1.29 is 4.79 Å². The van der Waals surface area contributed by atoms with E-state index < -0.39 is 0 Å². The maximum Gasteiger partial charge on any atom is 0.272 e. The Hall–Kier alpha value is -2.73. The van der Waals surface area contributed by atoms with Gasteiger partial charge in [-0.3, -0.25) is 4.79 Å². The topological polar surface area (TPSA) is 51.0 Å². The molecule has 0 saturated heterocycles. The molecule has 2 heterocycles. The molecule has 0 aliphatic carbocycles. The highest BCUT2D eigenvalue weighted by Gasteiger charge is 2.22. The molecule has 0 saturated carbocycles. The highest BCUT2D eigenvalue weighted by Crippen LogP contribution is 2.23. The summed E-state index contributed by atoms with van der Waals surface area (Å²) in [6.07, 6.45) is 2.29. The lowest BCUT2D eigenvalue weighted by Gasteiger charge is -2.22. The highest BCUT2D eigenvalue weighted by atomic mass is 79.9. The molecule has 0 atom stereocenters. The summed E-state index contributed by atoms with van der Waals surface area (Å²) in [7, 11) is 2.02. The lowest BCUT2D eigenvalue weighted by atomic mass is 10.1. The van der Waals surface area contributed by atoms with Crippen molar-refractivity contribution in [3.05, 3.63) is 76.5 Å². The minimum absolute atomic E-state index is 0.140. The van der Waals surface area contributed by atoms with Crippen LogP contribution in [0.2, 0.25) is 0 Å². The van der Waals surface area contributed by atoms with Crippen LogP contribution in [0.15, 0.2) is 70.7 Å². The van der Waals surface area contributed by atoms with Gasteiger partial charge >= 0.3 is 0 Å². The van der Waals surface area contributed by atoms with Crippen LogP contribution in [0.25, 0.3) is 11.4 Å². The third-order valence-electron chi connectivity index (χ3n) is 4.32. The van der Waals surface area contributed by atoms with Gasteiger partial charge in [0.15, 0.2) is 5.82 Å². The van der Waals surface area contributed by atoms with Crippen LogP contribution in [-0.2, 0) is 6.42 Å². The van der Waals surface area contributed by atoms with Gasteiger partial charge in [-0.1, -0.05) is 52.3 Å². The molecule has 0 radical (unpaired) electrons. The van der Waals surface area contributed by atoms with Gasteiger partial charge in [-0.05, 0) is 23.8 Å². The summed E-state index contributed by atoms with van der Waals surface area (Å²) in [6, 6.07) is 17.8. The molecule has 0 N–H and O–H groups in total. The van der Waals surface area contributed by atoms with Crippen LogP contribution in [0.1, 0.15) is 10.6 Å². The predicted molar refractivity (Wildman–Crippen MR) is 105 cm³/mol. The van der Waals surface area contributed by atoms with Gasteiger partial charge in [-0.2, -0.15) is 4.68 Å². The normalized spacial score (nSPS) is 13.3. The van der Waals surface area contributed by atoms with Gasteiger partial charge in [0.25, 0.3) is 5.91 Å². The van der Waals surface area contributed by atoms with Crippen molar-refractivity contribution in [1.29, 1.82) is 0 Å². The molecule has 26 heavy (non-hydrogen) atoms. The van der Waals surface area contributed by atoms with Crippen molar-refractivity contribution in [2.75, 3.05) is 18.5 Å². The molecule has 6 heteroatoms. The molecule has 0 fully saturated rings. The number of benzene rings is 2. The molecule has 5 nitrogen and oxygen atoms in total. The number of rotatable bonds is 4. The monoisotopic (exact) mass is 408 g/mol. The van der Waals surface area contributed by atoms with Crippen molar-refractivity contribution in [3.63, 3.8) is 0 Å². The molecule has 0 unspecified atom stereocenters. The molecule has 1 aliphatic rings. The van der Waals surface area contributed by atoms with E-state index in [1.165, 1.54) is 4.68 Å². The van der Waals surface area contributed by atoms with Crippen LogP contribution in [0.4, 0.5) is 5.69 Å². The summed E-state index contributed by atoms with van der Waals surface area (Å²) in [4.78, 5) is 19.2. The number of hydrogen-bond acceptors (Lipinski definition) is 4. The second-order valence-electron chi connectivity index (χ2n) is 6.28. The van der Waals surface area contributed by atoms with Crippen LogP contribution in [-0.4, -0.2) is 34.3 Å². The van der Waals surface area contributed by atoms with Crippen LogP contribution in [0.3, 0.4) is 0 Å². The van der Waals surface area contributed by atoms with E-state index in [0.29, 0.717) is 24.6 Å². The number of halogens is 1. The van der Waals surface area contributed by atoms with Crippen molar-refractivity contribution in [2.45, 2.75) is 6.42 Å². The summed E-state index contributed by atoms with van der Waals surface area (Å²) < 4.78 is 2.44. The second-order valence-corrected chi connectivity index (χ2v) is 7.20. The van der Waals surface area contributed by atoms with Gasteiger partial charge in [-0.25, -0.2) is 4.98 Å². The van der Waals surface area contributed by atoms with Crippen molar-refractivity contribution >= 4 is 27.5 Å². The number of hydrogen-bond donors (Lipinski definition) is 0. The zero-order valence-electron chi connectivity index (χ0n) is 14.3. The summed E-state index contributed by atoms with van der Waals surface area (Å²) in [5, 5.41) is 4.38. The Morgan fingerprint density at radius 2 is 1.96 bits per heavy atom. The fourth-order valence-electron chi connectivity index (χ4n) is 3.05. The van der Waals surface area contributed by atoms with Crippen LogP contribution in [0, 0.1) is 0 Å². The van der Waals surface area contributed by atoms with Gasteiger partial charge in [0.1, 0.15) is 5.82 Å². The SMILES string of the molecule is CN(CC1=CC(=O)n2nc(-c3ccccc3)nc2C1)c1cccc(Br)c1. The number of anilines is 1. The highest BCUT2D eigenvalue weighted by molar-refractivity contribution is 9.10. The first-order valence-electron chi connectivity index (χ1n) is 8.32. The quantitative estimate of drug-likeness (QED) is 0.655. The van der Waals surface area contributed by atoms with E-state index in [1.54, 1.807) is 6.08 Å². The van der Waals surface area contributed by atoms with E-state index in [2.05, 4.69) is 37.0 Å². The summed E-state index contributed by atoms with van der Waals surface area (Å²) >= 11 is 3.49. The first kappa shape index (κ1) is 16.7. The summed E-state index contributed by atoms with van der Waals surface area (Å²) in [6.45, 7) is 0.662. The molecule has 2 aromatic carbocycles. The fourth-order valence-corrected chi connectivity index (χ4v) is 3.43. The molecule has 3 aromatic rings. The molecular weight excluding hydrogens is 392 g/mol. The van der Waals surface area contributed by atoms with E-state index in [0.717, 1.165) is 21.3 Å². The van der Waals surface area contributed by atoms with Gasteiger partial charge in [-0.15, -0.1) is 5.10 Å². The van der Waals surface area contributed by atoms with Gasteiger partial charge in [0, 0.05) is 41.8 Å². The molecule has 130 valence electrons. The molecule has 0 spiro atoms. The molecule has 1 aromatic heterocycles. The number of allylic oxidation sites excluding steroid dienone is 1. The first-order chi connectivity index (χ1) is 12.6. The minimum atomic E-state index is -0.140. The van der Waals surface area contributed by atoms with E-state index in [1.807, 2.05) is 55.6 Å². The summed E-state index contributed by atoms with van der Waals surface area (Å²) in [5.74, 6) is 1.14. The zero-order chi connectivity index (χ0) is 18.1. The maximum absolute atomic E-state index is 12.5. The Morgan fingerprint density at radius 3 is 2.73 bits per heavy atom. The average molecular weight is 409 g/mol. The van der Waals surface area contributed by atoms with Crippen molar-refractivity contribution in [2.24, 2.45) is 0 Å². The smallest absolute Gasteiger partial charge is 0.272 e. The second kappa shape index (κ2) is 6.88. The third-order valence-corrected chi connectivity index (χ3v) is 4.81. The van der Waals surface area contributed by atoms with Crippen LogP contribution in [0.5, 0.6) is 0 Å². The number of likely N-dealkylation sites (N-methyl/N-ethyl adjacent to an activating group) is 1. The molecule has 4 rings (SSSR count). The average Bonchev–Trinajstić information content (AvgIpc) is 3.07. The number of carbonyl (C=O) groups is 1. The number of carbonyl (C=O) groups excluding carboxylic acids is 1. The zero-order valence-corrected chi connectivity index (χ0v) is 15.8. The summed E-state index contributed by atoms with van der Waals surface area (Å²) in [5.41, 5.74) is 3.02. The predicted octanol–water partition coefficient (Wildman–Crippen LogP) is 3.97. The number of fused-ring (bicyclic) bond motifs is 1. The van der Waals surface area contributed by atoms with E-state index in [-0.39, 0.29) is 5.91 Å². The Morgan fingerprint density at radius 1 is 1.15 bits per heavy atom. The Labute approximate surface area is 160 Å². The van der Waals surface area contributed by atoms with E-state index in [9.17, 15) is 4.79 Å². The fraction of sp³-hybridized carbons (Fsp3) is 0.150. The number of nitrogens with zero attached hydrogens (tertiary/aromatic N) is 4. The molecule has 1 aliphatic heterocycles. The van der Waals surface area contributed by atoms with Crippen LogP contribution < -0.4 is 4.90 Å². The van der Waals surface area contributed by atoms with Gasteiger partial charge in [0.05, 0.1) is 0 Å². The van der Waals surface area contributed by atoms with E-state index in [4.69, 9.17) is 0 Å². The largest absolute Gasteiger partial charge is 0.371 e.